The van der Waals surface area contributed by atoms with Gasteiger partial charge >= 0.3 is 0 Å². The minimum absolute atomic E-state index is 0.615. The number of hydrogen-bond acceptors (Lipinski definition) is 3. The molecule has 2 N–H and O–H groups in total. The highest BCUT2D eigenvalue weighted by molar-refractivity contribution is 5.53. The van der Waals surface area contributed by atoms with Crippen LogP contribution in [0.5, 0.6) is 11.5 Å². The zero-order chi connectivity index (χ0) is 9.10. The molecule has 0 atom stereocenters. The number of rotatable bonds is 2. The fourth-order valence-electron chi connectivity index (χ4n) is 1.01. The van der Waals surface area contributed by atoms with Crippen molar-refractivity contribution in [3.05, 3.63) is 42.9 Å². The van der Waals surface area contributed by atoms with Crippen molar-refractivity contribution in [1.82, 2.24) is 0 Å². The smallest absolute Gasteiger partial charge is 0.165 e. The van der Waals surface area contributed by atoms with Crippen LogP contribution >= 0.6 is 0 Å². The Bertz CT molecular complexity index is 382. The zero-order valence-corrected chi connectivity index (χ0v) is 6.94. The van der Waals surface area contributed by atoms with Gasteiger partial charge in [0.05, 0.1) is 12.0 Å². The zero-order valence-electron chi connectivity index (χ0n) is 6.94. The summed E-state index contributed by atoms with van der Waals surface area (Å²) in [4.78, 5) is 0. The summed E-state index contributed by atoms with van der Waals surface area (Å²) in [5, 5.41) is 0. The maximum atomic E-state index is 5.68. The number of ether oxygens (including phenoxy) is 1. The van der Waals surface area contributed by atoms with E-state index in [2.05, 4.69) is 0 Å². The summed E-state index contributed by atoms with van der Waals surface area (Å²) < 4.78 is 10.3. The Balaban J connectivity index is 2.24. The van der Waals surface area contributed by atoms with E-state index in [1.807, 2.05) is 18.2 Å². The van der Waals surface area contributed by atoms with Gasteiger partial charge in [-0.3, -0.25) is 0 Å². The predicted molar refractivity (Wildman–Crippen MR) is 49.6 cm³/mol. The van der Waals surface area contributed by atoms with Crippen LogP contribution in [0.15, 0.2) is 47.3 Å². The van der Waals surface area contributed by atoms with Crippen LogP contribution in [-0.4, -0.2) is 0 Å². The highest BCUT2D eigenvalue weighted by Crippen LogP contribution is 2.26. The normalized spacial score (nSPS) is 9.85. The molecule has 0 aliphatic carbocycles. The van der Waals surface area contributed by atoms with Crippen LogP contribution < -0.4 is 10.5 Å². The first-order chi connectivity index (χ1) is 6.36. The molecule has 3 nitrogen and oxygen atoms in total. The van der Waals surface area contributed by atoms with Crippen LogP contribution in [0.4, 0.5) is 5.69 Å². The number of anilines is 1. The summed E-state index contributed by atoms with van der Waals surface area (Å²) in [7, 11) is 0. The molecule has 0 saturated heterocycles. The highest BCUT2D eigenvalue weighted by atomic mass is 16.5. The van der Waals surface area contributed by atoms with Gasteiger partial charge in [-0.15, -0.1) is 0 Å². The van der Waals surface area contributed by atoms with Crippen molar-refractivity contribution in [3.63, 3.8) is 0 Å². The van der Waals surface area contributed by atoms with Crippen LogP contribution in [0.2, 0.25) is 0 Å². The maximum absolute atomic E-state index is 5.68. The van der Waals surface area contributed by atoms with E-state index < -0.39 is 0 Å². The van der Waals surface area contributed by atoms with Gasteiger partial charge in [0.2, 0.25) is 0 Å². The molecule has 3 heteroatoms. The van der Waals surface area contributed by atoms with E-state index in [4.69, 9.17) is 14.9 Å². The number of furan rings is 1. The van der Waals surface area contributed by atoms with Gasteiger partial charge in [-0.2, -0.15) is 0 Å². The van der Waals surface area contributed by atoms with Crippen LogP contribution in [-0.2, 0) is 0 Å². The number of nitrogens with two attached hydrogens (primary N) is 1. The van der Waals surface area contributed by atoms with Gasteiger partial charge in [-0.1, -0.05) is 12.1 Å². The molecular weight excluding hydrogens is 166 g/mol. The van der Waals surface area contributed by atoms with E-state index in [1.54, 1.807) is 18.4 Å². The standard InChI is InChI=1S/C10H9NO2/c11-9-3-1-2-4-10(9)13-8-5-6-12-7-8/h1-7H,11H2. The fourth-order valence-corrected chi connectivity index (χ4v) is 1.01. The topological polar surface area (TPSA) is 48.4 Å². The number of nitrogen functional groups attached to an aromatic ring is 1. The van der Waals surface area contributed by atoms with Gasteiger partial charge in [0, 0.05) is 6.07 Å². The lowest BCUT2D eigenvalue weighted by Crippen LogP contribution is -1.89. The van der Waals surface area contributed by atoms with E-state index in [0.29, 0.717) is 17.2 Å². The van der Waals surface area contributed by atoms with Crippen LogP contribution in [0, 0.1) is 0 Å². The number of benzene rings is 1. The molecule has 0 unspecified atom stereocenters. The Labute approximate surface area is 75.7 Å². The summed E-state index contributed by atoms with van der Waals surface area (Å²) >= 11 is 0. The molecule has 2 aromatic rings. The van der Waals surface area contributed by atoms with Gasteiger partial charge in [0.1, 0.15) is 12.0 Å². The Morgan fingerprint density at radius 3 is 2.69 bits per heavy atom. The van der Waals surface area contributed by atoms with Crippen molar-refractivity contribution in [2.75, 3.05) is 5.73 Å². The number of para-hydroxylation sites is 2. The molecule has 0 radical (unpaired) electrons. The van der Waals surface area contributed by atoms with Gasteiger partial charge < -0.3 is 14.9 Å². The summed E-state index contributed by atoms with van der Waals surface area (Å²) in [5.74, 6) is 1.29. The van der Waals surface area contributed by atoms with Crippen LogP contribution in [0.1, 0.15) is 0 Å². The second-order valence-corrected chi connectivity index (χ2v) is 2.60. The van der Waals surface area contributed by atoms with Crippen molar-refractivity contribution in [1.29, 1.82) is 0 Å². The van der Waals surface area contributed by atoms with E-state index in [1.165, 1.54) is 6.26 Å². The van der Waals surface area contributed by atoms with E-state index >= 15 is 0 Å². The molecule has 0 saturated carbocycles. The molecule has 1 aromatic heterocycles. The Kier molecular flexibility index (Phi) is 1.92. The van der Waals surface area contributed by atoms with Crippen LogP contribution in [0.25, 0.3) is 0 Å². The van der Waals surface area contributed by atoms with Crippen LogP contribution in [0.3, 0.4) is 0 Å². The Hall–Kier alpha value is -1.90. The van der Waals surface area contributed by atoms with E-state index in [0.717, 1.165) is 0 Å². The maximum Gasteiger partial charge on any atom is 0.165 e. The van der Waals surface area contributed by atoms with E-state index in [9.17, 15) is 0 Å². The molecule has 0 aliphatic heterocycles. The molecule has 0 fully saturated rings. The van der Waals surface area contributed by atoms with Gasteiger partial charge in [-0.25, -0.2) is 0 Å². The molecule has 66 valence electrons. The summed E-state index contributed by atoms with van der Waals surface area (Å²) in [5.41, 5.74) is 6.30. The van der Waals surface area contributed by atoms with Gasteiger partial charge in [0.15, 0.2) is 5.75 Å². The Morgan fingerprint density at radius 1 is 1.15 bits per heavy atom. The third-order valence-electron chi connectivity index (χ3n) is 1.64. The lowest BCUT2D eigenvalue weighted by Gasteiger charge is -2.04. The quantitative estimate of drug-likeness (QED) is 0.714. The molecular formula is C10H9NO2. The minimum Gasteiger partial charge on any atom is -0.469 e. The lowest BCUT2D eigenvalue weighted by atomic mass is 10.3. The third kappa shape index (κ3) is 1.64. The lowest BCUT2D eigenvalue weighted by molar-refractivity contribution is 0.468. The first-order valence-corrected chi connectivity index (χ1v) is 3.91. The Morgan fingerprint density at radius 2 is 2.00 bits per heavy atom. The SMILES string of the molecule is Nc1ccccc1Oc1ccoc1. The molecule has 0 spiro atoms. The van der Waals surface area contributed by atoms with E-state index in [-0.39, 0.29) is 0 Å². The largest absolute Gasteiger partial charge is 0.469 e. The average Bonchev–Trinajstić information content (AvgIpc) is 2.61. The predicted octanol–water partition coefficient (Wildman–Crippen LogP) is 2.65. The first-order valence-electron chi connectivity index (χ1n) is 3.91. The molecule has 0 amide bonds. The first kappa shape index (κ1) is 7.73. The molecule has 2 rings (SSSR count). The summed E-state index contributed by atoms with van der Waals surface area (Å²) in [6, 6.07) is 9.05. The molecule has 13 heavy (non-hydrogen) atoms. The highest BCUT2D eigenvalue weighted by Gasteiger charge is 2.00. The third-order valence-corrected chi connectivity index (χ3v) is 1.64. The molecule has 1 aromatic carbocycles. The van der Waals surface area contributed by atoms with Crippen molar-refractivity contribution in [2.45, 2.75) is 0 Å². The second-order valence-electron chi connectivity index (χ2n) is 2.60. The van der Waals surface area contributed by atoms with Crippen molar-refractivity contribution in [2.24, 2.45) is 0 Å². The monoisotopic (exact) mass is 175 g/mol. The molecule has 0 aliphatic rings. The number of hydrogen-bond donors (Lipinski definition) is 1. The van der Waals surface area contributed by atoms with Crippen molar-refractivity contribution < 1.29 is 9.15 Å². The van der Waals surface area contributed by atoms with Crippen molar-refractivity contribution in [3.8, 4) is 11.5 Å². The molecule has 0 bridgehead atoms. The second kappa shape index (κ2) is 3.23. The molecule has 1 heterocycles. The van der Waals surface area contributed by atoms with Gasteiger partial charge in [0.25, 0.3) is 0 Å². The fraction of sp³-hybridized carbons (Fsp3) is 0. The minimum atomic E-state index is 0.615. The van der Waals surface area contributed by atoms with Gasteiger partial charge in [-0.05, 0) is 12.1 Å². The average molecular weight is 175 g/mol. The van der Waals surface area contributed by atoms with Crippen molar-refractivity contribution >= 4 is 5.69 Å². The summed E-state index contributed by atoms with van der Waals surface area (Å²) in [6.45, 7) is 0. The summed E-state index contributed by atoms with van der Waals surface area (Å²) in [6.07, 6.45) is 3.07.